The molecule has 2 rings (SSSR count). The summed E-state index contributed by atoms with van der Waals surface area (Å²) in [5.41, 5.74) is 6.55. The quantitative estimate of drug-likeness (QED) is 0.828. The summed E-state index contributed by atoms with van der Waals surface area (Å²) < 4.78 is 0.994. The summed E-state index contributed by atoms with van der Waals surface area (Å²) >= 11 is 3.35. The topological polar surface area (TPSA) is 58.4 Å². The molecule has 1 aromatic carbocycles. The lowest BCUT2D eigenvalue weighted by Crippen LogP contribution is -2.35. The molecule has 1 aromatic rings. The predicted octanol–water partition coefficient (Wildman–Crippen LogP) is 2.01. The minimum absolute atomic E-state index is 0.0738. The highest BCUT2D eigenvalue weighted by Gasteiger charge is 2.23. The van der Waals surface area contributed by atoms with E-state index in [0.717, 1.165) is 23.1 Å². The molecule has 16 heavy (non-hydrogen) atoms. The second-order valence-corrected chi connectivity index (χ2v) is 4.85. The molecule has 1 aliphatic rings. The fourth-order valence-corrected chi connectivity index (χ4v) is 1.97. The van der Waals surface area contributed by atoms with Gasteiger partial charge in [0.25, 0.3) is 0 Å². The first-order chi connectivity index (χ1) is 7.65. The van der Waals surface area contributed by atoms with Crippen molar-refractivity contribution >= 4 is 27.6 Å². The number of amides is 2. The second kappa shape index (κ2) is 4.84. The number of nitrogens with zero attached hydrogens (tertiary/aromatic N) is 1. The number of carbonyl (C=O) groups excluding carboxylic acids is 1. The summed E-state index contributed by atoms with van der Waals surface area (Å²) in [6, 6.07) is 7.55. The van der Waals surface area contributed by atoms with E-state index in [9.17, 15) is 4.79 Å². The van der Waals surface area contributed by atoms with E-state index in [2.05, 4.69) is 21.2 Å². The van der Waals surface area contributed by atoms with Crippen LogP contribution >= 0.6 is 15.9 Å². The van der Waals surface area contributed by atoms with E-state index in [-0.39, 0.29) is 12.1 Å². The zero-order chi connectivity index (χ0) is 11.5. The highest BCUT2D eigenvalue weighted by atomic mass is 79.9. The number of likely N-dealkylation sites (tertiary alicyclic amines) is 1. The average Bonchev–Trinajstić information content (AvgIpc) is 2.68. The van der Waals surface area contributed by atoms with Crippen molar-refractivity contribution in [1.29, 1.82) is 0 Å². The summed E-state index contributed by atoms with van der Waals surface area (Å²) in [6.07, 6.45) is 0.883. The molecule has 0 unspecified atom stereocenters. The van der Waals surface area contributed by atoms with Crippen LogP contribution in [-0.4, -0.2) is 30.1 Å². The second-order valence-electron chi connectivity index (χ2n) is 3.93. The van der Waals surface area contributed by atoms with Gasteiger partial charge >= 0.3 is 6.03 Å². The lowest BCUT2D eigenvalue weighted by Gasteiger charge is -2.16. The molecular weight excluding hydrogens is 270 g/mol. The van der Waals surface area contributed by atoms with Crippen molar-refractivity contribution in [2.75, 3.05) is 18.4 Å². The van der Waals surface area contributed by atoms with E-state index < -0.39 is 0 Å². The first-order valence-corrected chi connectivity index (χ1v) is 6.01. The van der Waals surface area contributed by atoms with E-state index in [4.69, 9.17) is 5.73 Å². The molecule has 0 aliphatic carbocycles. The lowest BCUT2D eigenvalue weighted by molar-refractivity contribution is 0.222. The van der Waals surface area contributed by atoms with Crippen LogP contribution in [0, 0.1) is 0 Å². The van der Waals surface area contributed by atoms with Crippen LogP contribution in [0.15, 0.2) is 28.7 Å². The zero-order valence-electron chi connectivity index (χ0n) is 8.82. The first kappa shape index (κ1) is 11.4. The van der Waals surface area contributed by atoms with Crippen molar-refractivity contribution in [1.82, 2.24) is 4.90 Å². The van der Waals surface area contributed by atoms with Gasteiger partial charge in [-0.3, -0.25) is 0 Å². The number of nitrogens with one attached hydrogen (secondary N) is 1. The van der Waals surface area contributed by atoms with E-state index in [1.54, 1.807) is 4.90 Å². The van der Waals surface area contributed by atoms with Gasteiger partial charge in [-0.05, 0) is 30.7 Å². The number of hydrogen-bond acceptors (Lipinski definition) is 2. The number of carbonyl (C=O) groups is 1. The molecule has 2 amide bonds. The third kappa shape index (κ3) is 2.74. The molecule has 1 heterocycles. The minimum Gasteiger partial charge on any atom is -0.326 e. The maximum atomic E-state index is 11.8. The number of urea groups is 1. The van der Waals surface area contributed by atoms with Gasteiger partial charge in [-0.25, -0.2) is 4.79 Å². The summed E-state index contributed by atoms with van der Waals surface area (Å²) in [7, 11) is 0. The van der Waals surface area contributed by atoms with Crippen LogP contribution in [0.4, 0.5) is 10.5 Å². The average molecular weight is 284 g/mol. The van der Waals surface area contributed by atoms with Crippen molar-refractivity contribution in [2.45, 2.75) is 12.5 Å². The lowest BCUT2D eigenvalue weighted by atomic mass is 10.3. The molecule has 1 saturated heterocycles. The molecule has 4 nitrogen and oxygen atoms in total. The first-order valence-electron chi connectivity index (χ1n) is 5.22. The largest absolute Gasteiger partial charge is 0.326 e. The smallest absolute Gasteiger partial charge is 0.321 e. The third-order valence-electron chi connectivity index (χ3n) is 2.61. The Morgan fingerprint density at radius 2 is 2.12 bits per heavy atom. The number of halogens is 1. The van der Waals surface area contributed by atoms with Crippen molar-refractivity contribution in [3.8, 4) is 0 Å². The van der Waals surface area contributed by atoms with Crippen LogP contribution in [0.3, 0.4) is 0 Å². The van der Waals surface area contributed by atoms with Gasteiger partial charge in [0.15, 0.2) is 0 Å². The monoisotopic (exact) mass is 283 g/mol. The van der Waals surface area contributed by atoms with Crippen LogP contribution in [0.5, 0.6) is 0 Å². The van der Waals surface area contributed by atoms with Crippen molar-refractivity contribution < 1.29 is 4.79 Å². The summed E-state index contributed by atoms with van der Waals surface area (Å²) in [4.78, 5) is 13.5. The van der Waals surface area contributed by atoms with Gasteiger partial charge < -0.3 is 16.0 Å². The highest BCUT2D eigenvalue weighted by Crippen LogP contribution is 2.15. The SMILES string of the molecule is N[C@@H]1CCN(C(=O)Nc2ccc(Br)cc2)C1. The van der Waals surface area contributed by atoms with E-state index in [0.29, 0.717) is 6.54 Å². The van der Waals surface area contributed by atoms with Crippen LogP contribution < -0.4 is 11.1 Å². The predicted molar refractivity (Wildman–Crippen MR) is 67.3 cm³/mol. The third-order valence-corrected chi connectivity index (χ3v) is 3.14. The summed E-state index contributed by atoms with van der Waals surface area (Å²) in [5.74, 6) is 0. The van der Waals surface area contributed by atoms with Gasteiger partial charge in [0.2, 0.25) is 0 Å². The Hall–Kier alpha value is -1.07. The van der Waals surface area contributed by atoms with E-state index in [1.807, 2.05) is 24.3 Å². The Balaban J connectivity index is 1.94. The fraction of sp³-hybridized carbons (Fsp3) is 0.364. The van der Waals surface area contributed by atoms with Gasteiger partial charge in [0.05, 0.1) is 0 Å². The van der Waals surface area contributed by atoms with Crippen LogP contribution in [0.1, 0.15) is 6.42 Å². The van der Waals surface area contributed by atoms with E-state index >= 15 is 0 Å². The molecule has 0 aromatic heterocycles. The summed E-state index contributed by atoms with van der Waals surface area (Å²) in [6.45, 7) is 1.38. The van der Waals surface area contributed by atoms with Gasteiger partial charge in [-0.15, -0.1) is 0 Å². The van der Waals surface area contributed by atoms with Crippen LogP contribution in [0.25, 0.3) is 0 Å². The molecule has 0 radical (unpaired) electrons. The minimum atomic E-state index is -0.0738. The standard InChI is InChI=1S/C11H14BrN3O/c12-8-1-3-10(4-2-8)14-11(16)15-6-5-9(13)7-15/h1-4,9H,5-7,13H2,(H,14,16)/t9-/m1/s1. The molecule has 1 atom stereocenters. The van der Waals surface area contributed by atoms with Gasteiger partial charge in [0, 0.05) is 29.3 Å². The van der Waals surface area contributed by atoms with Gasteiger partial charge in [-0.1, -0.05) is 15.9 Å². The number of rotatable bonds is 1. The molecule has 3 N–H and O–H groups in total. The Bertz CT molecular complexity index is 379. The normalized spacial score (nSPS) is 19.9. The molecule has 5 heteroatoms. The van der Waals surface area contributed by atoms with Crippen molar-refractivity contribution in [2.24, 2.45) is 5.73 Å². The number of benzene rings is 1. The summed E-state index contributed by atoms with van der Waals surface area (Å²) in [5, 5.41) is 2.84. The fourth-order valence-electron chi connectivity index (χ4n) is 1.71. The molecule has 0 spiro atoms. The Labute approximate surface area is 103 Å². The maximum Gasteiger partial charge on any atom is 0.321 e. The molecule has 0 bridgehead atoms. The molecular formula is C11H14BrN3O. The Morgan fingerprint density at radius 3 is 2.69 bits per heavy atom. The Kier molecular flexibility index (Phi) is 3.46. The highest BCUT2D eigenvalue weighted by molar-refractivity contribution is 9.10. The van der Waals surface area contributed by atoms with Crippen molar-refractivity contribution in [3.63, 3.8) is 0 Å². The number of nitrogens with two attached hydrogens (primary N) is 1. The van der Waals surface area contributed by atoms with Crippen molar-refractivity contribution in [3.05, 3.63) is 28.7 Å². The number of hydrogen-bond donors (Lipinski definition) is 2. The number of anilines is 1. The molecule has 86 valence electrons. The van der Waals surface area contributed by atoms with Crippen LogP contribution in [-0.2, 0) is 0 Å². The molecule has 1 aliphatic heterocycles. The van der Waals surface area contributed by atoms with Crippen LogP contribution in [0.2, 0.25) is 0 Å². The molecule has 1 fully saturated rings. The zero-order valence-corrected chi connectivity index (χ0v) is 10.4. The Morgan fingerprint density at radius 1 is 1.44 bits per heavy atom. The maximum absolute atomic E-state index is 11.8. The van der Waals surface area contributed by atoms with Gasteiger partial charge in [0.1, 0.15) is 0 Å². The molecule has 0 saturated carbocycles. The van der Waals surface area contributed by atoms with Gasteiger partial charge in [-0.2, -0.15) is 0 Å². The van der Waals surface area contributed by atoms with E-state index in [1.165, 1.54) is 0 Å².